The van der Waals surface area contributed by atoms with Gasteiger partial charge in [-0.05, 0) is 38.0 Å². The first-order chi connectivity index (χ1) is 4.41. The summed E-state index contributed by atoms with van der Waals surface area (Å²) in [7, 11) is 2.06. The lowest BCUT2D eigenvalue weighted by Gasteiger charge is -2.37. The summed E-state index contributed by atoms with van der Waals surface area (Å²) in [4.78, 5) is 0. The van der Waals surface area contributed by atoms with Crippen molar-refractivity contribution >= 4 is 7.85 Å². The van der Waals surface area contributed by atoms with Crippen LogP contribution in [-0.2, 0) is 0 Å². The Balaban J connectivity index is 2.46. The molecule has 1 aliphatic rings. The Morgan fingerprint density at radius 1 is 1.30 bits per heavy atom. The molecule has 3 N–H and O–H groups in total. The van der Waals surface area contributed by atoms with E-state index in [1.54, 1.807) is 0 Å². The Labute approximate surface area is 63.2 Å². The molecule has 1 rings (SSSR count). The molecule has 0 aliphatic heterocycles. The maximum atomic E-state index is 9.55. The molecule has 2 nitrogen and oxygen atoms in total. The van der Waals surface area contributed by atoms with Crippen molar-refractivity contribution < 1.29 is 5.11 Å². The monoisotopic (exact) mass is 141 g/mol. The summed E-state index contributed by atoms with van der Waals surface area (Å²) in [5, 5.41) is 9.55. The number of nitrogens with two attached hydrogens (primary N) is 1. The Morgan fingerprint density at radius 3 is 2.00 bits per heavy atom. The molecule has 0 amide bonds. The molecule has 3 heteroatoms. The number of aliphatic hydroxyl groups is 1. The van der Waals surface area contributed by atoms with E-state index in [2.05, 4.69) is 7.85 Å². The van der Waals surface area contributed by atoms with Crippen LogP contribution in [0.2, 0.25) is 0 Å². The third-order valence-electron chi connectivity index (χ3n) is 2.47. The molecule has 0 heterocycles. The minimum atomic E-state index is -0.446. The van der Waals surface area contributed by atoms with Gasteiger partial charge < -0.3 is 10.8 Å². The van der Waals surface area contributed by atoms with Crippen molar-refractivity contribution in [2.45, 2.75) is 43.6 Å². The quantitative estimate of drug-likeness (QED) is 0.451. The zero-order chi connectivity index (χ0) is 7.83. The summed E-state index contributed by atoms with van der Waals surface area (Å²) in [6.45, 7) is 1.89. The van der Waals surface area contributed by atoms with Crippen LogP contribution in [0.15, 0.2) is 0 Å². The maximum Gasteiger partial charge on any atom is 0.127 e. The molecule has 58 valence electrons. The van der Waals surface area contributed by atoms with Crippen LogP contribution in [0.4, 0.5) is 0 Å². The van der Waals surface area contributed by atoms with Crippen LogP contribution in [0.5, 0.6) is 0 Å². The lowest BCUT2D eigenvalue weighted by molar-refractivity contribution is 0.0131. The molecule has 0 radical (unpaired) electrons. The van der Waals surface area contributed by atoms with E-state index in [-0.39, 0.29) is 5.44 Å². The van der Waals surface area contributed by atoms with Gasteiger partial charge in [0.1, 0.15) is 7.85 Å². The summed E-state index contributed by atoms with van der Waals surface area (Å²) < 4.78 is 0. The maximum absolute atomic E-state index is 9.55. The summed E-state index contributed by atoms with van der Waals surface area (Å²) in [5.74, 6) is 0. The number of rotatable bonds is 0. The van der Waals surface area contributed by atoms with Crippen molar-refractivity contribution in [3.8, 4) is 0 Å². The lowest BCUT2D eigenvalue weighted by Crippen LogP contribution is -2.48. The second-order valence-corrected chi connectivity index (χ2v) is 4.15. The fraction of sp³-hybridized carbons (Fsp3) is 1.00. The van der Waals surface area contributed by atoms with Gasteiger partial charge in [-0.1, -0.05) is 0 Å². The average Bonchev–Trinajstić information content (AvgIpc) is 1.79. The average molecular weight is 141 g/mol. The van der Waals surface area contributed by atoms with E-state index < -0.39 is 5.60 Å². The van der Waals surface area contributed by atoms with E-state index in [1.807, 2.05) is 6.92 Å². The minimum absolute atomic E-state index is 0.0256. The highest BCUT2D eigenvalue weighted by atomic mass is 16.3. The summed E-state index contributed by atoms with van der Waals surface area (Å²) in [6.07, 6.45) is 3.58. The molecule has 0 aromatic heterocycles. The largest absolute Gasteiger partial charge is 0.390 e. The molecule has 0 saturated heterocycles. The molecule has 0 bridgehead atoms. The summed E-state index contributed by atoms with van der Waals surface area (Å²) in [6, 6.07) is 0. The van der Waals surface area contributed by atoms with Crippen LogP contribution in [0.3, 0.4) is 0 Å². The molecule has 0 atom stereocenters. The highest BCUT2D eigenvalue weighted by Gasteiger charge is 2.32. The molecule has 0 aromatic carbocycles. The SMILES string of the molecule is B[C@]1(N)CC[C@](C)(O)CC1. The van der Waals surface area contributed by atoms with Gasteiger partial charge >= 0.3 is 0 Å². The zero-order valence-corrected chi connectivity index (χ0v) is 6.85. The summed E-state index contributed by atoms with van der Waals surface area (Å²) >= 11 is 0. The van der Waals surface area contributed by atoms with E-state index in [0.29, 0.717) is 0 Å². The van der Waals surface area contributed by atoms with Crippen molar-refractivity contribution in [3.63, 3.8) is 0 Å². The molecule has 1 fully saturated rings. The highest BCUT2D eigenvalue weighted by Crippen LogP contribution is 2.30. The first-order valence-electron chi connectivity index (χ1n) is 3.93. The fourth-order valence-corrected chi connectivity index (χ4v) is 1.36. The first-order valence-corrected chi connectivity index (χ1v) is 3.93. The third-order valence-corrected chi connectivity index (χ3v) is 2.47. The van der Waals surface area contributed by atoms with Crippen molar-refractivity contribution in [1.82, 2.24) is 0 Å². The highest BCUT2D eigenvalue weighted by molar-refractivity contribution is 6.15. The van der Waals surface area contributed by atoms with Crippen molar-refractivity contribution in [3.05, 3.63) is 0 Å². The predicted molar refractivity (Wildman–Crippen MR) is 44.6 cm³/mol. The van der Waals surface area contributed by atoms with Gasteiger partial charge in [-0.2, -0.15) is 0 Å². The standard InChI is InChI=1S/C7H16BNO/c1-6(10)2-4-7(8,9)5-3-6/h10H,2-5,8-9H2,1H3/t6-,7-. The lowest BCUT2D eigenvalue weighted by atomic mass is 9.65. The van der Waals surface area contributed by atoms with Gasteiger partial charge in [-0.15, -0.1) is 0 Å². The van der Waals surface area contributed by atoms with Crippen molar-refractivity contribution in [2.75, 3.05) is 0 Å². The third kappa shape index (κ3) is 1.99. The van der Waals surface area contributed by atoms with E-state index in [1.165, 1.54) is 0 Å². The Kier molecular flexibility index (Phi) is 1.81. The smallest absolute Gasteiger partial charge is 0.127 e. The normalized spacial score (nSPS) is 49.1. The Bertz CT molecular complexity index is 106. The summed E-state index contributed by atoms with van der Waals surface area (Å²) in [5.41, 5.74) is 5.42. The van der Waals surface area contributed by atoms with Crippen molar-refractivity contribution in [1.29, 1.82) is 0 Å². The second-order valence-electron chi connectivity index (χ2n) is 4.15. The van der Waals surface area contributed by atoms with Crippen LogP contribution < -0.4 is 5.73 Å². The van der Waals surface area contributed by atoms with E-state index in [0.717, 1.165) is 25.7 Å². The minimum Gasteiger partial charge on any atom is -0.390 e. The van der Waals surface area contributed by atoms with Crippen LogP contribution in [0.1, 0.15) is 32.6 Å². The van der Waals surface area contributed by atoms with Crippen molar-refractivity contribution in [2.24, 2.45) is 5.73 Å². The second kappa shape index (κ2) is 2.24. The van der Waals surface area contributed by atoms with Gasteiger partial charge in [0.2, 0.25) is 0 Å². The van der Waals surface area contributed by atoms with Gasteiger partial charge in [-0.3, -0.25) is 0 Å². The molecule has 0 spiro atoms. The van der Waals surface area contributed by atoms with Gasteiger partial charge in [-0.25, -0.2) is 0 Å². The van der Waals surface area contributed by atoms with Gasteiger partial charge in [0, 0.05) is 0 Å². The van der Waals surface area contributed by atoms with E-state index >= 15 is 0 Å². The molecule has 0 unspecified atom stereocenters. The van der Waals surface area contributed by atoms with E-state index in [4.69, 9.17) is 5.73 Å². The zero-order valence-electron chi connectivity index (χ0n) is 6.85. The van der Waals surface area contributed by atoms with Crippen LogP contribution in [-0.4, -0.2) is 24.0 Å². The Morgan fingerprint density at radius 2 is 1.70 bits per heavy atom. The molecular weight excluding hydrogens is 125 g/mol. The first kappa shape index (κ1) is 8.09. The molecule has 0 aromatic rings. The molecule has 1 saturated carbocycles. The number of hydrogen-bond acceptors (Lipinski definition) is 2. The topological polar surface area (TPSA) is 46.2 Å². The van der Waals surface area contributed by atoms with Crippen LogP contribution in [0, 0.1) is 0 Å². The van der Waals surface area contributed by atoms with Crippen LogP contribution in [0.25, 0.3) is 0 Å². The molecule has 1 aliphatic carbocycles. The Hall–Kier alpha value is -0.0151. The van der Waals surface area contributed by atoms with Gasteiger partial charge in [0.15, 0.2) is 0 Å². The van der Waals surface area contributed by atoms with Gasteiger partial charge in [0.05, 0.1) is 5.60 Å². The fourth-order valence-electron chi connectivity index (χ4n) is 1.36. The molecular formula is C7H16BNO. The molecule has 10 heavy (non-hydrogen) atoms. The van der Waals surface area contributed by atoms with E-state index in [9.17, 15) is 5.11 Å². The predicted octanol–water partition coefficient (Wildman–Crippen LogP) is -0.401. The van der Waals surface area contributed by atoms with Gasteiger partial charge in [0.25, 0.3) is 0 Å². The number of hydrogen-bond donors (Lipinski definition) is 2. The van der Waals surface area contributed by atoms with Crippen LogP contribution >= 0.6 is 0 Å².